The standard InChI is InChI=1S/C23H18ClN3O5S/c1-3-32-22(29)19-13(2)25-23-26(20(19)16-6-4-5-7-17(16)24)21(28)18(33-23)12-14-8-10-15(11-9-14)27(30)31/h4-12,20H,3H2,1-2H3/b18-12-. The van der Waals surface area contributed by atoms with E-state index >= 15 is 0 Å². The number of rotatable bonds is 5. The highest BCUT2D eigenvalue weighted by atomic mass is 35.5. The molecule has 1 atom stereocenters. The number of hydrogen-bond donors (Lipinski definition) is 0. The molecule has 0 spiro atoms. The fourth-order valence-corrected chi connectivity index (χ4v) is 4.91. The second kappa shape index (κ2) is 9.13. The maximum absolute atomic E-state index is 13.5. The maximum Gasteiger partial charge on any atom is 0.338 e. The first-order chi connectivity index (χ1) is 15.8. The predicted molar refractivity (Wildman–Crippen MR) is 125 cm³/mol. The van der Waals surface area contributed by atoms with E-state index < -0.39 is 16.9 Å². The van der Waals surface area contributed by atoms with Crippen LogP contribution < -0.4 is 14.9 Å². The van der Waals surface area contributed by atoms with Crippen molar-refractivity contribution < 1.29 is 14.5 Å². The molecule has 1 unspecified atom stereocenters. The first-order valence-electron chi connectivity index (χ1n) is 10.0. The van der Waals surface area contributed by atoms with Gasteiger partial charge in [0.05, 0.1) is 27.3 Å². The summed E-state index contributed by atoms with van der Waals surface area (Å²) >= 11 is 7.64. The molecule has 0 radical (unpaired) electrons. The number of allylic oxidation sites excluding steroid dienone is 1. The molecule has 168 valence electrons. The Balaban J connectivity index is 1.93. The summed E-state index contributed by atoms with van der Waals surface area (Å²) in [4.78, 5) is 41.7. The van der Waals surface area contributed by atoms with Crippen molar-refractivity contribution in [3.05, 3.63) is 106 Å². The normalized spacial score (nSPS) is 15.7. The molecule has 0 bridgehead atoms. The number of esters is 1. The molecule has 0 amide bonds. The summed E-state index contributed by atoms with van der Waals surface area (Å²) in [5.74, 6) is -0.562. The van der Waals surface area contributed by atoms with E-state index in [0.29, 0.717) is 31.2 Å². The van der Waals surface area contributed by atoms with E-state index in [4.69, 9.17) is 16.3 Å². The summed E-state index contributed by atoms with van der Waals surface area (Å²) in [5.41, 5.74) is 1.51. The van der Waals surface area contributed by atoms with Crippen molar-refractivity contribution in [3.8, 4) is 0 Å². The molecule has 1 aliphatic heterocycles. The van der Waals surface area contributed by atoms with Gasteiger partial charge in [-0.2, -0.15) is 0 Å². The minimum Gasteiger partial charge on any atom is -0.463 e. The molecule has 0 N–H and O–H groups in total. The van der Waals surface area contributed by atoms with E-state index in [1.165, 1.54) is 28.0 Å². The Kier molecular flexibility index (Phi) is 6.26. The van der Waals surface area contributed by atoms with Crippen LogP contribution in [0.2, 0.25) is 5.02 Å². The van der Waals surface area contributed by atoms with Crippen molar-refractivity contribution in [2.75, 3.05) is 6.61 Å². The fraction of sp³-hybridized carbons (Fsp3) is 0.174. The highest BCUT2D eigenvalue weighted by Crippen LogP contribution is 2.34. The van der Waals surface area contributed by atoms with Gasteiger partial charge in [0.2, 0.25) is 0 Å². The molecule has 33 heavy (non-hydrogen) atoms. The molecule has 1 aliphatic rings. The Hall–Kier alpha value is -3.56. The Morgan fingerprint density at radius 3 is 2.61 bits per heavy atom. The van der Waals surface area contributed by atoms with Gasteiger partial charge < -0.3 is 4.74 Å². The van der Waals surface area contributed by atoms with Crippen molar-refractivity contribution in [2.24, 2.45) is 4.99 Å². The SMILES string of the molecule is CCOC(=O)C1=C(C)N=c2s/c(=C\c3ccc([N+](=O)[O-])cc3)c(=O)n2C1c1ccccc1Cl. The van der Waals surface area contributed by atoms with E-state index in [2.05, 4.69) is 4.99 Å². The van der Waals surface area contributed by atoms with Gasteiger partial charge in [0.15, 0.2) is 4.80 Å². The second-order valence-electron chi connectivity index (χ2n) is 7.17. The predicted octanol–water partition coefficient (Wildman–Crippen LogP) is 3.36. The highest BCUT2D eigenvalue weighted by Gasteiger charge is 2.34. The van der Waals surface area contributed by atoms with Crippen molar-refractivity contribution in [1.82, 2.24) is 4.57 Å². The first kappa shape index (κ1) is 22.6. The van der Waals surface area contributed by atoms with Gasteiger partial charge >= 0.3 is 5.97 Å². The van der Waals surface area contributed by atoms with Crippen molar-refractivity contribution in [1.29, 1.82) is 0 Å². The van der Waals surface area contributed by atoms with Gasteiger partial charge in [-0.15, -0.1) is 0 Å². The Labute approximate surface area is 196 Å². The Morgan fingerprint density at radius 2 is 1.97 bits per heavy atom. The number of aromatic nitrogens is 1. The van der Waals surface area contributed by atoms with Crippen LogP contribution in [0.3, 0.4) is 0 Å². The molecular weight excluding hydrogens is 466 g/mol. The fourth-order valence-electron chi connectivity index (χ4n) is 3.63. The number of non-ortho nitro benzene ring substituents is 1. The number of thiazole rings is 1. The molecular formula is C23H18ClN3O5S. The molecule has 4 rings (SSSR count). The summed E-state index contributed by atoms with van der Waals surface area (Å²) in [6, 6.07) is 12.1. The molecule has 2 heterocycles. The molecule has 10 heteroatoms. The van der Waals surface area contributed by atoms with E-state index in [1.54, 1.807) is 56.3 Å². The average molecular weight is 484 g/mol. The minimum atomic E-state index is -0.798. The number of nitro benzene ring substituents is 1. The van der Waals surface area contributed by atoms with Crippen molar-refractivity contribution in [2.45, 2.75) is 19.9 Å². The lowest BCUT2D eigenvalue weighted by Gasteiger charge is -2.25. The Bertz CT molecular complexity index is 1470. The van der Waals surface area contributed by atoms with Crippen molar-refractivity contribution in [3.63, 3.8) is 0 Å². The number of ether oxygens (including phenoxy) is 1. The average Bonchev–Trinajstić information content (AvgIpc) is 3.08. The van der Waals surface area contributed by atoms with Crippen LogP contribution in [0.15, 0.2) is 69.6 Å². The van der Waals surface area contributed by atoms with Crippen LogP contribution in [0, 0.1) is 10.1 Å². The van der Waals surface area contributed by atoms with Crippen LogP contribution in [-0.4, -0.2) is 22.1 Å². The third-order valence-corrected chi connectivity index (χ3v) is 6.45. The number of nitro groups is 1. The summed E-state index contributed by atoms with van der Waals surface area (Å²) in [7, 11) is 0. The highest BCUT2D eigenvalue weighted by molar-refractivity contribution is 7.07. The summed E-state index contributed by atoms with van der Waals surface area (Å²) in [6.45, 7) is 3.58. The number of benzene rings is 2. The third kappa shape index (κ3) is 4.24. The number of carbonyl (C=O) groups is 1. The molecule has 2 aromatic carbocycles. The van der Waals surface area contributed by atoms with Gasteiger partial charge in [0, 0.05) is 17.2 Å². The molecule has 1 aromatic heterocycles. The molecule has 8 nitrogen and oxygen atoms in total. The van der Waals surface area contributed by atoms with Crippen LogP contribution in [0.4, 0.5) is 5.69 Å². The molecule has 0 saturated heterocycles. The lowest BCUT2D eigenvalue weighted by Crippen LogP contribution is -2.40. The molecule has 0 saturated carbocycles. The summed E-state index contributed by atoms with van der Waals surface area (Å²) in [5, 5.41) is 11.3. The quantitative estimate of drug-likeness (QED) is 0.314. The van der Waals surface area contributed by atoms with Gasteiger partial charge in [0.25, 0.3) is 11.2 Å². The van der Waals surface area contributed by atoms with Crippen molar-refractivity contribution >= 4 is 40.7 Å². The topological polar surface area (TPSA) is 104 Å². The molecule has 3 aromatic rings. The number of fused-ring (bicyclic) bond motifs is 1. The van der Waals surface area contributed by atoms with E-state index in [1.807, 2.05) is 0 Å². The van der Waals surface area contributed by atoms with Crippen LogP contribution in [0.1, 0.15) is 31.0 Å². The second-order valence-corrected chi connectivity index (χ2v) is 8.59. The van der Waals surface area contributed by atoms with Gasteiger partial charge in [-0.1, -0.05) is 41.1 Å². The third-order valence-electron chi connectivity index (χ3n) is 5.12. The number of carbonyl (C=O) groups excluding carboxylic acids is 1. The summed E-state index contributed by atoms with van der Waals surface area (Å²) in [6.07, 6.45) is 1.64. The van der Waals surface area contributed by atoms with Gasteiger partial charge in [-0.05, 0) is 49.2 Å². The first-order valence-corrected chi connectivity index (χ1v) is 11.2. The van der Waals surface area contributed by atoms with E-state index in [0.717, 1.165) is 0 Å². The number of halogens is 1. The van der Waals surface area contributed by atoms with Crippen LogP contribution in [-0.2, 0) is 9.53 Å². The van der Waals surface area contributed by atoms with E-state index in [9.17, 15) is 19.7 Å². The monoisotopic (exact) mass is 483 g/mol. The van der Waals surface area contributed by atoms with Crippen LogP contribution in [0.25, 0.3) is 6.08 Å². The number of hydrogen-bond acceptors (Lipinski definition) is 7. The zero-order chi connectivity index (χ0) is 23.7. The minimum absolute atomic E-state index is 0.0398. The summed E-state index contributed by atoms with van der Waals surface area (Å²) < 4.78 is 7.08. The largest absolute Gasteiger partial charge is 0.463 e. The van der Waals surface area contributed by atoms with Crippen LogP contribution >= 0.6 is 22.9 Å². The zero-order valence-electron chi connectivity index (χ0n) is 17.6. The van der Waals surface area contributed by atoms with Crippen LogP contribution in [0.5, 0.6) is 0 Å². The van der Waals surface area contributed by atoms with Gasteiger partial charge in [-0.3, -0.25) is 19.5 Å². The number of nitrogens with zero attached hydrogens (tertiary/aromatic N) is 3. The van der Waals surface area contributed by atoms with Gasteiger partial charge in [-0.25, -0.2) is 9.79 Å². The molecule has 0 aliphatic carbocycles. The Morgan fingerprint density at radius 1 is 1.27 bits per heavy atom. The van der Waals surface area contributed by atoms with E-state index in [-0.39, 0.29) is 23.4 Å². The maximum atomic E-state index is 13.5. The zero-order valence-corrected chi connectivity index (χ0v) is 19.2. The van der Waals surface area contributed by atoms with Gasteiger partial charge in [0.1, 0.15) is 6.04 Å². The molecule has 0 fully saturated rings. The smallest absolute Gasteiger partial charge is 0.338 e. The lowest BCUT2D eigenvalue weighted by molar-refractivity contribution is -0.384. The lowest BCUT2D eigenvalue weighted by atomic mass is 9.96.